The molecular weight excluding hydrogens is 307 g/mol. The number of aromatic nitrogens is 2. The van der Waals surface area contributed by atoms with Gasteiger partial charge in [-0.3, -0.25) is 14.9 Å². The van der Waals surface area contributed by atoms with E-state index in [2.05, 4.69) is 15.5 Å². The van der Waals surface area contributed by atoms with E-state index < -0.39 is 10.8 Å². The number of rotatable bonds is 3. The van der Waals surface area contributed by atoms with Crippen LogP contribution in [0.4, 0.5) is 11.4 Å². The highest BCUT2D eigenvalue weighted by atomic mass is 35.5. The van der Waals surface area contributed by atoms with Crippen LogP contribution in [0.2, 0.25) is 10.2 Å². The summed E-state index contributed by atoms with van der Waals surface area (Å²) in [6, 6.07) is 6.65. The predicted molar refractivity (Wildman–Crippen MR) is 73.1 cm³/mol. The van der Waals surface area contributed by atoms with E-state index >= 15 is 0 Å². The van der Waals surface area contributed by atoms with Crippen molar-refractivity contribution < 1.29 is 9.72 Å². The number of nitrogens with zero attached hydrogens (tertiary/aromatic N) is 3. The number of anilines is 1. The predicted octanol–water partition coefficient (Wildman–Crippen LogP) is 2.94. The highest BCUT2D eigenvalue weighted by molar-refractivity contribution is 6.31. The number of carbonyl (C=O) groups excluding carboxylic acids is 1. The minimum atomic E-state index is -0.644. The summed E-state index contributed by atoms with van der Waals surface area (Å²) < 4.78 is 0. The van der Waals surface area contributed by atoms with Gasteiger partial charge in [0.1, 0.15) is 5.69 Å². The van der Waals surface area contributed by atoms with Gasteiger partial charge < -0.3 is 5.32 Å². The Morgan fingerprint density at radius 3 is 2.55 bits per heavy atom. The lowest BCUT2D eigenvalue weighted by Crippen LogP contribution is -2.15. The summed E-state index contributed by atoms with van der Waals surface area (Å²) in [5.41, 5.74) is -0.312. The third-order valence-corrected chi connectivity index (χ3v) is 2.71. The number of carbonyl (C=O) groups is 1. The first-order chi connectivity index (χ1) is 9.47. The maximum Gasteiger partial charge on any atom is 0.294 e. The molecule has 0 atom stereocenters. The first kappa shape index (κ1) is 14.2. The summed E-state index contributed by atoms with van der Waals surface area (Å²) >= 11 is 11.2. The summed E-state index contributed by atoms with van der Waals surface area (Å²) in [5.74, 6) is -0.639. The number of amides is 1. The lowest BCUT2D eigenvalue weighted by atomic mass is 10.2. The minimum absolute atomic E-state index is 0.0150. The molecule has 0 spiro atoms. The summed E-state index contributed by atoms with van der Waals surface area (Å²) in [6.07, 6.45) is 0. The van der Waals surface area contributed by atoms with Crippen molar-refractivity contribution in [1.82, 2.24) is 10.2 Å². The second kappa shape index (κ2) is 5.81. The number of halogens is 2. The molecule has 1 amide bonds. The fourth-order valence-electron chi connectivity index (χ4n) is 1.38. The van der Waals surface area contributed by atoms with E-state index in [0.717, 1.165) is 6.07 Å². The van der Waals surface area contributed by atoms with Crippen molar-refractivity contribution >= 4 is 40.5 Å². The number of hydrogen-bond donors (Lipinski definition) is 1. The SMILES string of the molecule is O=C(Nc1ccc(Cl)cc1[N+](=O)[O-])c1ccc(Cl)nn1. The molecule has 1 aromatic carbocycles. The molecule has 0 aliphatic rings. The number of nitro benzene ring substituents is 1. The van der Waals surface area contributed by atoms with Crippen molar-refractivity contribution in [3.63, 3.8) is 0 Å². The Kier molecular flexibility index (Phi) is 4.11. The van der Waals surface area contributed by atoms with Gasteiger partial charge in [0.2, 0.25) is 0 Å². The summed E-state index contributed by atoms with van der Waals surface area (Å²) in [4.78, 5) is 22.1. The van der Waals surface area contributed by atoms with Crippen LogP contribution >= 0.6 is 23.2 Å². The third kappa shape index (κ3) is 3.19. The van der Waals surface area contributed by atoms with E-state index in [9.17, 15) is 14.9 Å². The molecule has 1 N–H and O–H groups in total. The number of benzene rings is 1. The highest BCUT2D eigenvalue weighted by Gasteiger charge is 2.18. The maximum absolute atomic E-state index is 11.9. The molecule has 0 fully saturated rings. The van der Waals surface area contributed by atoms with E-state index in [0.29, 0.717) is 0 Å². The summed E-state index contributed by atoms with van der Waals surface area (Å²) in [6.45, 7) is 0. The lowest BCUT2D eigenvalue weighted by molar-refractivity contribution is -0.383. The Bertz CT molecular complexity index is 676. The third-order valence-electron chi connectivity index (χ3n) is 2.27. The molecule has 0 unspecified atom stereocenters. The first-order valence-electron chi connectivity index (χ1n) is 5.22. The van der Waals surface area contributed by atoms with E-state index in [1.54, 1.807) is 0 Å². The topological polar surface area (TPSA) is 98.0 Å². The quantitative estimate of drug-likeness (QED) is 0.694. The molecule has 0 saturated carbocycles. The molecule has 0 aliphatic heterocycles. The summed E-state index contributed by atoms with van der Waals surface area (Å²) in [7, 11) is 0. The van der Waals surface area contributed by atoms with Crippen LogP contribution in [0.25, 0.3) is 0 Å². The Morgan fingerprint density at radius 2 is 1.95 bits per heavy atom. The van der Waals surface area contributed by atoms with Gasteiger partial charge in [-0.2, -0.15) is 0 Å². The zero-order chi connectivity index (χ0) is 14.7. The molecule has 7 nitrogen and oxygen atoms in total. The molecule has 2 aromatic rings. The molecule has 1 aromatic heterocycles. The van der Waals surface area contributed by atoms with Crippen LogP contribution in [0.1, 0.15) is 10.5 Å². The molecule has 20 heavy (non-hydrogen) atoms. The van der Waals surface area contributed by atoms with Crippen LogP contribution in [0.15, 0.2) is 30.3 Å². The van der Waals surface area contributed by atoms with Crippen LogP contribution in [0.5, 0.6) is 0 Å². The largest absolute Gasteiger partial charge is 0.315 e. The van der Waals surface area contributed by atoms with Crippen LogP contribution in [-0.4, -0.2) is 21.0 Å². The molecule has 0 saturated heterocycles. The lowest BCUT2D eigenvalue weighted by Gasteiger charge is -2.05. The molecule has 0 aliphatic carbocycles. The molecule has 1 heterocycles. The smallest absolute Gasteiger partial charge is 0.294 e. The standard InChI is InChI=1S/C11H6Cl2N4O3/c12-6-1-2-7(9(5-6)17(19)20)14-11(18)8-3-4-10(13)16-15-8/h1-5H,(H,14,18). The Balaban J connectivity index is 2.28. The minimum Gasteiger partial charge on any atom is -0.315 e. The van der Waals surface area contributed by atoms with Gasteiger partial charge in [0.05, 0.1) is 4.92 Å². The maximum atomic E-state index is 11.9. The second-order valence-electron chi connectivity index (χ2n) is 3.61. The van der Waals surface area contributed by atoms with Crippen molar-refractivity contribution in [2.24, 2.45) is 0 Å². The van der Waals surface area contributed by atoms with Gasteiger partial charge in [0.15, 0.2) is 10.8 Å². The Hall–Kier alpha value is -2.25. The zero-order valence-electron chi connectivity index (χ0n) is 9.71. The fraction of sp³-hybridized carbons (Fsp3) is 0. The van der Waals surface area contributed by atoms with Gasteiger partial charge >= 0.3 is 0 Å². The van der Waals surface area contributed by atoms with Crippen LogP contribution < -0.4 is 5.32 Å². The number of hydrogen-bond acceptors (Lipinski definition) is 5. The molecule has 2 rings (SSSR count). The van der Waals surface area contributed by atoms with Crippen LogP contribution in [0.3, 0.4) is 0 Å². The fourth-order valence-corrected chi connectivity index (χ4v) is 1.65. The van der Waals surface area contributed by atoms with Gasteiger partial charge in [-0.15, -0.1) is 10.2 Å². The average molecular weight is 313 g/mol. The molecule has 9 heteroatoms. The Morgan fingerprint density at radius 1 is 1.20 bits per heavy atom. The van der Waals surface area contributed by atoms with Gasteiger partial charge in [-0.25, -0.2) is 0 Å². The van der Waals surface area contributed by atoms with Crippen LogP contribution in [-0.2, 0) is 0 Å². The molecular formula is C11H6Cl2N4O3. The van der Waals surface area contributed by atoms with Gasteiger partial charge in [0, 0.05) is 11.1 Å². The molecule has 102 valence electrons. The van der Waals surface area contributed by atoms with E-state index in [1.165, 1.54) is 24.3 Å². The first-order valence-corrected chi connectivity index (χ1v) is 5.97. The van der Waals surface area contributed by atoms with E-state index in [4.69, 9.17) is 23.2 Å². The number of nitro groups is 1. The van der Waals surface area contributed by atoms with E-state index in [-0.39, 0.29) is 27.2 Å². The monoisotopic (exact) mass is 312 g/mol. The van der Waals surface area contributed by atoms with Gasteiger partial charge in [0.25, 0.3) is 11.6 Å². The Labute approximate surface area is 122 Å². The second-order valence-corrected chi connectivity index (χ2v) is 4.44. The van der Waals surface area contributed by atoms with Crippen molar-refractivity contribution in [2.75, 3.05) is 5.32 Å². The van der Waals surface area contributed by atoms with Crippen molar-refractivity contribution in [3.05, 3.63) is 56.3 Å². The molecule has 0 bridgehead atoms. The summed E-state index contributed by atoms with van der Waals surface area (Å²) in [5, 5.41) is 20.7. The highest BCUT2D eigenvalue weighted by Crippen LogP contribution is 2.27. The van der Waals surface area contributed by atoms with E-state index in [1.807, 2.05) is 0 Å². The normalized spacial score (nSPS) is 10.1. The van der Waals surface area contributed by atoms with Gasteiger partial charge in [-0.05, 0) is 24.3 Å². The zero-order valence-corrected chi connectivity index (χ0v) is 11.2. The molecule has 0 radical (unpaired) electrons. The number of nitrogens with one attached hydrogen (secondary N) is 1. The van der Waals surface area contributed by atoms with Crippen molar-refractivity contribution in [2.45, 2.75) is 0 Å². The van der Waals surface area contributed by atoms with Gasteiger partial charge in [-0.1, -0.05) is 23.2 Å². The van der Waals surface area contributed by atoms with Crippen LogP contribution in [0, 0.1) is 10.1 Å². The van der Waals surface area contributed by atoms with Crippen molar-refractivity contribution in [3.8, 4) is 0 Å². The van der Waals surface area contributed by atoms with Crippen molar-refractivity contribution in [1.29, 1.82) is 0 Å². The average Bonchev–Trinajstić information content (AvgIpc) is 2.41.